The molecule has 201 valence electrons. The maximum absolute atomic E-state index is 12.2. The van der Waals surface area contributed by atoms with Crippen LogP contribution in [0.25, 0.3) is 0 Å². The van der Waals surface area contributed by atoms with Crippen molar-refractivity contribution in [2.75, 3.05) is 0 Å². The van der Waals surface area contributed by atoms with E-state index in [0.29, 0.717) is 0 Å². The van der Waals surface area contributed by atoms with Gasteiger partial charge in [0.15, 0.2) is 17.2 Å². The zero-order valence-corrected chi connectivity index (χ0v) is 16.6. The summed E-state index contributed by atoms with van der Waals surface area (Å²) in [6, 6.07) is 0. The largest absolute Gasteiger partial charge is 0.503 e. The molecule has 0 aliphatic rings. The first-order chi connectivity index (χ1) is 16.4. The van der Waals surface area contributed by atoms with Gasteiger partial charge in [0.05, 0.1) is 0 Å². The van der Waals surface area contributed by atoms with E-state index >= 15 is 0 Å². The molecule has 0 unspecified atom stereocenters. The highest BCUT2D eigenvalue weighted by Crippen LogP contribution is 2.29. The van der Waals surface area contributed by atoms with Crippen LogP contribution < -0.4 is 0 Å². The summed E-state index contributed by atoms with van der Waals surface area (Å²) in [5, 5.41) is 24.9. The van der Waals surface area contributed by atoms with Crippen molar-refractivity contribution in [3.63, 3.8) is 0 Å². The Balaban J connectivity index is 0.000000518. The van der Waals surface area contributed by atoms with Crippen LogP contribution in [0.1, 0.15) is 0 Å². The van der Waals surface area contributed by atoms with Crippen LogP contribution in [0.5, 0.6) is 17.2 Å². The Bertz CT molecular complexity index is 858. The van der Waals surface area contributed by atoms with Crippen LogP contribution in [0.3, 0.4) is 0 Å². The van der Waals surface area contributed by atoms with E-state index in [4.69, 9.17) is 15.3 Å². The molecule has 3 N–H and O–H groups in total. The van der Waals surface area contributed by atoms with Gasteiger partial charge in [0.25, 0.3) is 0 Å². The Kier molecular flexibility index (Phi) is 11.0. The molecule has 0 spiro atoms. The summed E-state index contributed by atoms with van der Waals surface area (Å²) in [4.78, 5) is 0. The number of benzene rings is 3. The van der Waals surface area contributed by atoms with E-state index in [0.717, 1.165) is 0 Å². The zero-order valence-electron chi connectivity index (χ0n) is 16.6. The summed E-state index contributed by atoms with van der Waals surface area (Å²) in [5.74, 6) is -38.8. The Morgan fingerprint density at radius 1 is 0.216 bits per heavy atom. The molecule has 0 saturated carbocycles. The van der Waals surface area contributed by atoms with Crippen molar-refractivity contribution >= 4 is 8.41 Å². The van der Waals surface area contributed by atoms with Gasteiger partial charge in [-0.25, -0.2) is 39.5 Å². The van der Waals surface area contributed by atoms with E-state index in [2.05, 4.69) is 0 Å². The topological polar surface area (TPSA) is 60.7 Å². The Morgan fingerprint density at radius 3 is 0.405 bits per heavy atom. The molecule has 37 heavy (non-hydrogen) atoms. The quantitative estimate of drug-likeness (QED) is 0.139. The molecule has 3 nitrogen and oxygen atoms in total. The Morgan fingerprint density at radius 2 is 0.297 bits per heavy atom. The smallest absolute Gasteiger partial charge is 0.206 e. The van der Waals surface area contributed by atoms with Gasteiger partial charge in [-0.3, -0.25) is 0 Å². The SMILES string of the molecule is Oc1c(F)c(F)c(F)c(F)c1F.Oc1c(F)c(F)c(F)c(F)c1F.Oc1c(F)c(F)c(F)c(F)c1F.[B]. The van der Waals surface area contributed by atoms with Gasteiger partial charge in [0.1, 0.15) is 0 Å². The minimum absolute atomic E-state index is 0. The van der Waals surface area contributed by atoms with Crippen LogP contribution in [0.15, 0.2) is 0 Å². The number of phenolic OH excluding ortho intramolecular Hbond substituents is 3. The van der Waals surface area contributed by atoms with Gasteiger partial charge in [0, 0.05) is 8.41 Å². The molecule has 19 heteroatoms. The standard InChI is InChI=1S/3C6HF5O.B/c3*7-1-2(8)4(10)6(12)5(11)3(1)9;/h3*12H;. The molecule has 3 aromatic carbocycles. The lowest BCUT2D eigenvalue weighted by Gasteiger charge is -2.00. The van der Waals surface area contributed by atoms with Crippen LogP contribution in [-0.4, -0.2) is 23.7 Å². The van der Waals surface area contributed by atoms with Gasteiger partial charge in [0.2, 0.25) is 87.3 Å². The number of aromatic hydroxyl groups is 3. The predicted molar refractivity (Wildman–Crippen MR) is 89.4 cm³/mol. The lowest BCUT2D eigenvalue weighted by molar-refractivity contribution is 0.325. The highest BCUT2D eigenvalue weighted by Gasteiger charge is 2.26. The minimum Gasteiger partial charge on any atom is -0.503 e. The fourth-order valence-corrected chi connectivity index (χ4v) is 1.78. The third-order valence-electron chi connectivity index (χ3n) is 3.56. The van der Waals surface area contributed by atoms with Crippen molar-refractivity contribution in [1.82, 2.24) is 0 Å². The molecule has 0 fully saturated rings. The molecule has 3 rings (SSSR count). The van der Waals surface area contributed by atoms with E-state index in [1.54, 1.807) is 0 Å². The maximum atomic E-state index is 12.2. The molecule has 0 saturated heterocycles. The Hall–Kier alpha value is -3.93. The number of phenols is 3. The lowest BCUT2D eigenvalue weighted by atomic mass is 10.3. The van der Waals surface area contributed by atoms with Gasteiger partial charge in [-0.1, -0.05) is 0 Å². The number of hydrogen-bond donors (Lipinski definition) is 3. The fraction of sp³-hybridized carbons (Fsp3) is 0. The third kappa shape index (κ3) is 6.26. The number of rotatable bonds is 0. The van der Waals surface area contributed by atoms with E-state index in [1.165, 1.54) is 0 Å². The van der Waals surface area contributed by atoms with Crippen molar-refractivity contribution in [3.8, 4) is 17.2 Å². The summed E-state index contributed by atoms with van der Waals surface area (Å²) >= 11 is 0. The van der Waals surface area contributed by atoms with Crippen molar-refractivity contribution in [3.05, 3.63) is 87.3 Å². The van der Waals surface area contributed by atoms with E-state index in [9.17, 15) is 65.9 Å². The third-order valence-corrected chi connectivity index (χ3v) is 3.56. The summed E-state index contributed by atoms with van der Waals surface area (Å²) in [6.07, 6.45) is 0. The van der Waals surface area contributed by atoms with E-state index < -0.39 is 105 Å². The van der Waals surface area contributed by atoms with Gasteiger partial charge in [-0.05, 0) is 0 Å². The van der Waals surface area contributed by atoms with Crippen molar-refractivity contribution in [1.29, 1.82) is 0 Å². The van der Waals surface area contributed by atoms with Gasteiger partial charge >= 0.3 is 0 Å². The first-order valence-electron chi connectivity index (χ1n) is 8.01. The highest BCUT2D eigenvalue weighted by atomic mass is 19.2. The number of hydrogen-bond acceptors (Lipinski definition) is 3. The van der Waals surface area contributed by atoms with Gasteiger partial charge < -0.3 is 15.3 Å². The summed E-state index contributed by atoms with van der Waals surface area (Å²) in [5.41, 5.74) is 0. The first-order valence-corrected chi connectivity index (χ1v) is 8.01. The highest BCUT2D eigenvalue weighted by molar-refractivity contribution is 5.75. The van der Waals surface area contributed by atoms with Crippen LogP contribution in [0.4, 0.5) is 65.9 Å². The maximum Gasteiger partial charge on any atom is 0.206 e. The zero-order chi connectivity index (χ0) is 28.4. The van der Waals surface area contributed by atoms with Crippen LogP contribution >= 0.6 is 0 Å². The minimum atomic E-state index is -2.29. The molecular weight excluding hydrogens is 560 g/mol. The molecule has 0 aliphatic carbocycles. The molecule has 0 bridgehead atoms. The van der Waals surface area contributed by atoms with E-state index in [1.807, 2.05) is 0 Å². The molecular formula is C18H3BF15O3. The summed E-state index contributed by atoms with van der Waals surface area (Å²) in [7, 11) is 0. The van der Waals surface area contributed by atoms with Crippen molar-refractivity contribution in [2.24, 2.45) is 0 Å². The monoisotopic (exact) mass is 563 g/mol. The molecule has 0 heterocycles. The van der Waals surface area contributed by atoms with Gasteiger partial charge in [-0.2, -0.15) is 26.3 Å². The average molecular weight is 563 g/mol. The predicted octanol–water partition coefficient (Wildman–Crippen LogP) is 5.88. The second kappa shape index (κ2) is 12.4. The molecule has 0 atom stereocenters. The molecule has 0 aliphatic heterocycles. The normalized spacial score (nSPS) is 10.1. The van der Waals surface area contributed by atoms with Crippen LogP contribution in [-0.2, 0) is 0 Å². The molecule has 0 aromatic heterocycles. The van der Waals surface area contributed by atoms with Crippen molar-refractivity contribution in [2.45, 2.75) is 0 Å². The molecule has 0 amide bonds. The molecule has 3 radical (unpaired) electrons. The summed E-state index contributed by atoms with van der Waals surface area (Å²) in [6.45, 7) is 0. The van der Waals surface area contributed by atoms with Crippen molar-refractivity contribution < 1.29 is 81.2 Å². The first kappa shape index (κ1) is 33.1. The fourth-order valence-electron chi connectivity index (χ4n) is 1.78. The lowest BCUT2D eigenvalue weighted by Crippen LogP contribution is -2.00. The molecule has 3 aromatic rings. The van der Waals surface area contributed by atoms with E-state index in [-0.39, 0.29) is 8.41 Å². The Labute approximate surface area is 195 Å². The second-order valence-electron chi connectivity index (χ2n) is 5.76. The van der Waals surface area contributed by atoms with Gasteiger partial charge in [-0.15, -0.1) is 0 Å². The number of halogens is 15. The average Bonchev–Trinajstić information content (AvgIpc) is 2.87. The summed E-state index contributed by atoms with van der Waals surface area (Å²) < 4.78 is 182. The van der Waals surface area contributed by atoms with Crippen LogP contribution in [0.2, 0.25) is 0 Å². The van der Waals surface area contributed by atoms with Crippen LogP contribution in [0, 0.1) is 87.3 Å². The second-order valence-corrected chi connectivity index (χ2v) is 5.76.